The molecule has 0 aliphatic carbocycles. The number of hydrogen-bond donors (Lipinski definition) is 5. The minimum Gasteiger partial charge on any atom is -0.375 e. The van der Waals surface area contributed by atoms with E-state index in [1.165, 1.54) is 11.9 Å². The molecule has 0 aromatic rings. The van der Waals surface area contributed by atoms with Crippen LogP contribution in [0.2, 0.25) is 0 Å². The lowest BCUT2D eigenvalue weighted by atomic mass is 9.90. The summed E-state index contributed by atoms with van der Waals surface area (Å²) in [5.74, 6) is -2.06. The molecule has 5 amide bonds. The zero-order chi connectivity index (χ0) is 37.9. The van der Waals surface area contributed by atoms with Crippen LogP contribution in [0, 0.1) is 11.3 Å². The highest BCUT2D eigenvalue weighted by Crippen LogP contribution is 2.26. The zero-order valence-electron chi connectivity index (χ0n) is 31.2. The number of carbonyl (C=O) groups is 6. The molecule has 0 aromatic heterocycles. The maximum absolute atomic E-state index is 12.2. The number of Topliss-reactive ketones (excluding diaryl/α,β-unsaturated/α-hetero) is 1. The maximum atomic E-state index is 12.2. The van der Waals surface area contributed by atoms with E-state index >= 15 is 0 Å². The summed E-state index contributed by atoms with van der Waals surface area (Å²) >= 11 is 4.55. The van der Waals surface area contributed by atoms with Crippen molar-refractivity contribution in [3.8, 4) is 0 Å². The fourth-order valence-corrected chi connectivity index (χ4v) is 3.72. The molecule has 0 aromatic carbocycles. The third-order valence-electron chi connectivity index (χ3n) is 6.49. The van der Waals surface area contributed by atoms with Crippen LogP contribution in [-0.2, 0) is 33.5 Å². The minimum atomic E-state index is -0.845. The summed E-state index contributed by atoms with van der Waals surface area (Å²) in [6.07, 6.45) is 3.72. The van der Waals surface area contributed by atoms with Crippen molar-refractivity contribution in [3.63, 3.8) is 0 Å². The molecule has 1 atom stereocenters. The van der Waals surface area contributed by atoms with E-state index in [1.807, 2.05) is 34.7 Å². The molecule has 1 unspecified atom stereocenters. The van der Waals surface area contributed by atoms with Gasteiger partial charge in [-0.2, -0.15) is 0 Å². The Balaban J connectivity index is -0.000000749. The average Bonchev–Trinajstić information content (AvgIpc) is 3.33. The highest BCUT2D eigenvalue weighted by molar-refractivity contribution is 7.78. The molecule has 0 radical (unpaired) electrons. The van der Waals surface area contributed by atoms with E-state index in [4.69, 9.17) is 15.3 Å². The molecule has 14 nitrogen and oxygen atoms in total. The normalized spacial score (nSPS) is 13.0. The van der Waals surface area contributed by atoms with Gasteiger partial charge in [0, 0.05) is 31.9 Å². The molecule has 280 valence electrons. The predicted octanol–water partition coefficient (Wildman–Crippen LogP) is 3.55. The summed E-state index contributed by atoms with van der Waals surface area (Å²) < 4.78 is 5.83. The standard InChI is InChI=1S/C16H28N2O5.C12H22N4O3S.C3H8.C2H6/c1-15(2,9-11-22-16(3,4)8-10-17-5)14(21)23-18-12(19)6-7-13(18)20;1-8(2)11(18)9(4-3-5-15-12(13)19)16-10(17)6-14-7-20;1-3-2;1-2/h17H,6-11H2,1-5H3;7-9H,3-6H2,1-2H3,(H,14,20)(H,16,17)(H3,13,15,19);3H2,1-2H3;1-2H3. The highest BCUT2D eigenvalue weighted by atomic mass is 32.1. The predicted molar refractivity (Wildman–Crippen MR) is 192 cm³/mol. The smallest absolute Gasteiger partial charge is 0.338 e. The number of urea groups is 1. The lowest BCUT2D eigenvalue weighted by Crippen LogP contribution is -2.46. The Bertz CT molecular complexity index is 975. The average molecular weight is 705 g/mol. The molecule has 1 rings (SSSR count). The van der Waals surface area contributed by atoms with Gasteiger partial charge in [-0.3, -0.25) is 19.2 Å². The van der Waals surface area contributed by atoms with Gasteiger partial charge in [0.05, 0.1) is 29.1 Å². The Morgan fingerprint density at radius 1 is 1.00 bits per heavy atom. The number of hydroxylamine groups is 2. The molecule has 1 heterocycles. The Morgan fingerprint density at radius 3 is 2.00 bits per heavy atom. The second-order valence-electron chi connectivity index (χ2n) is 12.4. The van der Waals surface area contributed by atoms with Crippen LogP contribution in [0.5, 0.6) is 0 Å². The number of ketones is 1. The van der Waals surface area contributed by atoms with Gasteiger partial charge in [0.2, 0.25) is 5.91 Å². The summed E-state index contributed by atoms with van der Waals surface area (Å²) in [7, 11) is 1.89. The Labute approximate surface area is 293 Å². The fraction of sp³-hybridized carbons (Fsp3) is 0.788. The maximum Gasteiger partial charge on any atom is 0.338 e. The van der Waals surface area contributed by atoms with Crippen LogP contribution >= 0.6 is 12.2 Å². The van der Waals surface area contributed by atoms with E-state index in [2.05, 4.69) is 47.3 Å². The third-order valence-corrected chi connectivity index (χ3v) is 6.66. The van der Waals surface area contributed by atoms with Crippen molar-refractivity contribution in [3.05, 3.63) is 0 Å². The largest absolute Gasteiger partial charge is 0.375 e. The van der Waals surface area contributed by atoms with Gasteiger partial charge in [0.25, 0.3) is 11.8 Å². The Kier molecular flexibility index (Phi) is 28.5. The Morgan fingerprint density at radius 2 is 1.54 bits per heavy atom. The number of amides is 5. The van der Waals surface area contributed by atoms with Crippen molar-refractivity contribution in [1.29, 1.82) is 0 Å². The van der Waals surface area contributed by atoms with Crippen molar-refractivity contribution in [2.24, 2.45) is 17.1 Å². The van der Waals surface area contributed by atoms with Crippen LogP contribution in [0.3, 0.4) is 0 Å². The monoisotopic (exact) mass is 704 g/mol. The second kappa shape index (κ2) is 27.7. The Hall–Kier alpha value is -3.17. The van der Waals surface area contributed by atoms with Crippen molar-refractivity contribution in [2.75, 3.05) is 33.3 Å². The first-order chi connectivity index (χ1) is 22.4. The van der Waals surface area contributed by atoms with Gasteiger partial charge in [0.15, 0.2) is 5.78 Å². The molecule has 0 spiro atoms. The van der Waals surface area contributed by atoms with Gasteiger partial charge in [0.1, 0.15) is 0 Å². The number of carbonyl (C=O) groups excluding carboxylic acids is 6. The molecule has 1 aliphatic rings. The molecule has 0 bridgehead atoms. The molecule has 15 heteroatoms. The SMILES string of the molecule is CC.CC(C)C(=O)C(CCCNC(N)=O)NC(=O)CNC=S.CCC.CNCCC(C)(C)OCCC(C)(C)C(=O)ON1C(=O)CCC1=O. The number of thiocarbonyl (C=S) groups is 1. The van der Waals surface area contributed by atoms with Crippen LogP contribution in [-0.4, -0.2) is 91.0 Å². The summed E-state index contributed by atoms with van der Waals surface area (Å²) in [5.41, 5.74) is 5.06. The van der Waals surface area contributed by atoms with Crippen molar-refractivity contribution >= 4 is 53.2 Å². The van der Waals surface area contributed by atoms with Crippen LogP contribution in [0.25, 0.3) is 0 Å². The first-order valence-electron chi connectivity index (χ1n) is 16.8. The summed E-state index contributed by atoms with van der Waals surface area (Å²) in [6.45, 7) is 20.9. The lowest BCUT2D eigenvalue weighted by Gasteiger charge is -2.29. The molecule has 48 heavy (non-hydrogen) atoms. The van der Waals surface area contributed by atoms with Crippen LogP contribution in [0.4, 0.5) is 4.79 Å². The van der Waals surface area contributed by atoms with Crippen molar-refractivity contribution in [1.82, 2.24) is 26.3 Å². The number of ether oxygens (including phenoxy) is 1. The van der Waals surface area contributed by atoms with Gasteiger partial charge in [-0.05, 0) is 67.0 Å². The number of hydrogen-bond acceptors (Lipinski definition) is 10. The number of nitrogens with two attached hydrogens (primary N) is 1. The molecular formula is C33H64N6O8S. The van der Waals surface area contributed by atoms with Gasteiger partial charge >= 0.3 is 12.0 Å². The number of nitrogens with one attached hydrogen (secondary N) is 4. The quantitative estimate of drug-likeness (QED) is 0.0749. The van der Waals surface area contributed by atoms with E-state index < -0.39 is 35.3 Å². The van der Waals surface area contributed by atoms with E-state index in [9.17, 15) is 28.8 Å². The number of primary amides is 1. The first-order valence-corrected chi connectivity index (χ1v) is 17.3. The van der Waals surface area contributed by atoms with Gasteiger partial charge in [-0.25, -0.2) is 9.59 Å². The fourth-order valence-electron chi connectivity index (χ4n) is 3.63. The number of nitrogens with zero attached hydrogens (tertiary/aromatic N) is 1. The van der Waals surface area contributed by atoms with Gasteiger partial charge < -0.3 is 36.6 Å². The molecular weight excluding hydrogens is 640 g/mol. The molecule has 1 fully saturated rings. The van der Waals surface area contributed by atoms with Crippen LogP contribution < -0.4 is 27.0 Å². The highest BCUT2D eigenvalue weighted by Gasteiger charge is 2.38. The minimum absolute atomic E-state index is 0.0326. The molecule has 0 saturated carbocycles. The second-order valence-corrected chi connectivity index (χ2v) is 12.6. The van der Waals surface area contributed by atoms with Gasteiger partial charge in [-0.1, -0.05) is 60.2 Å². The van der Waals surface area contributed by atoms with Crippen LogP contribution in [0.15, 0.2) is 0 Å². The van der Waals surface area contributed by atoms with E-state index in [1.54, 1.807) is 27.7 Å². The van der Waals surface area contributed by atoms with E-state index in [0.717, 1.165) is 13.0 Å². The van der Waals surface area contributed by atoms with E-state index in [-0.39, 0.29) is 42.6 Å². The molecule has 1 aliphatic heterocycles. The number of imide groups is 1. The molecule has 6 N–H and O–H groups in total. The molecule has 1 saturated heterocycles. The lowest BCUT2D eigenvalue weighted by molar-refractivity contribution is -0.205. The first kappa shape index (κ1) is 49.2. The number of rotatable bonds is 19. The zero-order valence-corrected chi connectivity index (χ0v) is 32.0. The third kappa shape index (κ3) is 24.0. The summed E-state index contributed by atoms with van der Waals surface area (Å²) in [4.78, 5) is 74.3. The van der Waals surface area contributed by atoms with Gasteiger partial charge in [-0.15, -0.1) is 5.06 Å². The van der Waals surface area contributed by atoms with Crippen molar-refractivity contribution in [2.45, 2.75) is 126 Å². The van der Waals surface area contributed by atoms with Crippen molar-refractivity contribution < 1.29 is 38.3 Å². The van der Waals surface area contributed by atoms with Crippen LogP contribution in [0.1, 0.15) is 114 Å². The summed E-state index contributed by atoms with van der Waals surface area (Å²) in [6, 6.07) is -1.17. The van der Waals surface area contributed by atoms with E-state index in [0.29, 0.717) is 37.5 Å². The summed E-state index contributed by atoms with van der Waals surface area (Å²) in [5, 5.41) is 11.4. The topological polar surface area (TPSA) is 198 Å².